The molecule has 2 aromatic carbocycles. The molecule has 2 heterocycles. The molecular formula is C33H41N5O5S. The lowest BCUT2D eigenvalue weighted by atomic mass is 9.96. The first-order chi connectivity index (χ1) is 21.2. The summed E-state index contributed by atoms with van der Waals surface area (Å²) in [5.41, 5.74) is 2.00. The summed E-state index contributed by atoms with van der Waals surface area (Å²) in [6.07, 6.45) is 6.65. The number of nitrogens with one attached hydrogen (secondary N) is 2. The van der Waals surface area contributed by atoms with E-state index < -0.39 is 12.1 Å². The van der Waals surface area contributed by atoms with Crippen molar-refractivity contribution >= 4 is 34.9 Å². The molecule has 10 nitrogen and oxygen atoms in total. The predicted molar refractivity (Wildman–Crippen MR) is 171 cm³/mol. The van der Waals surface area contributed by atoms with Gasteiger partial charge in [-0.05, 0) is 44.0 Å². The first kappa shape index (κ1) is 31.5. The van der Waals surface area contributed by atoms with Crippen molar-refractivity contribution in [1.82, 2.24) is 20.1 Å². The number of nitrogens with zero attached hydrogens (tertiary/aromatic N) is 3. The summed E-state index contributed by atoms with van der Waals surface area (Å²) in [7, 11) is 1.75. The van der Waals surface area contributed by atoms with Gasteiger partial charge in [-0.15, -0.1) is 11.3 Å². The summed E-state index contributed by atoms with van der Waals surface area (Å²) < 4.78 is 6.57. The highest BCUT2D eigenvalue weighted by molar-refractivity contribution is 7.13. The summed E-state index contributed by atoms with van der Waals surface area (Å²) in [5.74, 6) is -0.582. The van der Waals surface area contributed by atoms with Crippen LogP contribution in [0.3, 0.4) is 0 Å². The van der Waals surface area contributed by atoms with Gasteiger partial charge < -0.3 is 30.3 Å². The number of carbonyl (C=O) groups excluding carboxylic acids is 3. The van der Waals surface area contributed by atoms with E-state index in [2.05, 4.69) is 15.6 Å². The van der Waals surface area contributed by atoms with E-state index in [1.165, 1.54) is 17.8 Å². The molecule has 0 radical (unpaired) electrons. The van der Waals surface area contributed by atoms with E-state index in [0.717, 1.165) is 36.3 Å². The molecule has 234 valence electrons. The average molecular weight is 620 g/mol. The lowest BCUT2D eigenvalue weighted by molar-refractivity contribution is 0.0367. The molecule has 2 aliphatic rings. The van der Waals surface area contributed by atoms with Crippen LogP contribution in [-0.2, 0) is 0 Å². The molecular weight excluding hydrogens is 578 g/mol. The number of carbonyl (C=O) groups is 3. The highest BCUT2D eigenvalue weighted by atomic mass is 32.1. The van der Waals surface area contributed by atoms with Crippen molar-refractivity contribution in [1.29, 1.82) is 0 Å². The van der Waals surface area contributed by atoms with Gasteiger partial charge in [0.15, 0.2) is 5.75 Å². The SMILES string of the molecule is C[C@@H]1CN([C@@H](C)CO)C(=O)c2cccc(NC(=O)c3ccc(-c4nccs4)cc3)c2O[C@H]1CN(C)C(=O)NC1CCCCC1. The number of amides is 4. The first-order valence-corrected chi connectivity index (χ1v) is 16.2. The Balaban J connectivity index is 1.40. The van der Waals surface area contributed by atoms with E-state index in [0.29, 0.717) is 17.8 Å². The number of para-hydroxylation sites is 1. The maximum Gasteiger partial charge on any atom is 0.317 e. The molecule has 11 heteroatoms. The zero-order valence-corrected chi connectivity index (χ0v) is 26.3. The van der Waals surface area contributed by atoms with Crippen molar-refractivity contribution in [3.8, 4) is 16.3 Å². The van der Waals surface area contributed by atoms with E-state index in [1.54, 1.807) is 60.3 Å². The first-order valence-electron chi connectivity index (χ1n) is 15.3. The van der Waals surface area contributed by atoms with Crippen LogP contribution in [0, 0.1) is 5.92 Å². The highest BCUT2D eigenvalue weighted by Gasteiger charge is 2.35. The smallest absolute Gasteiger partial charge is 0.317 e. The van der Waals surface area contributed by atoms with Gasteiger partial charge in [0, 0.05) is 48.3 Å². The number of hydrogen-bond acceptors (Lipinski definition) is 7. The fourth-order valence-electron chi connectivity index (χ4n) is 5.77. The van der Waals surface area contributed by atoms with Crippen LogP contribution in [0.25, 0.3) is 10.6 Å². The van der Waals surface area contributed by atoms with E-state index >= 15 is 0 Å². The molecule has 0 unspecified atom stereocenters. The Labute approximate surface area is 262 Å². The van der Waals surface area contributed by atoms with Gasteiger partial charge in [-0.25, -0.2) is 9.78 Å². The van der Waals surface area contributed by atoms with Crippen LogP contribution in [0.5, 0.6) is 5.75 Å². The number of aliphatic hydroxyl groups is 1. The number of fused-ring (bicyclic) bond motifs is 1. The van der Waals surface area contributed by atoms with Crippen LogP contribution in [0.15, 0.2) is 54.0 Å². The summed E-state index contributed by atoms with van der Waals surface area (Å²) >= 11 is 1.52. The van der Waals surface area contributed by atoms with Crippen LogP contribution in [0.4, 0.5) is 10.5 Å². The quantitative estimate of drug-likeness (QED) is 0.316. The maximum absolute atomic E-state index is 13.8. The second-order valence-electron chi connectivity index (χ2n) is 11.8. The largest absolute Gasteiger partial charge is 0.485 e. The Morgan fingerprint density at radius 2 is 1.91 bits per heavy atom. The average Bonchev–Trinajstić information content (AvgIpc) is 3.58. The minimum atomic E-state index is -0.493. The Kier molecular flexibility index (Phi) is 10.2. The molecule has 1 aliphatic carbocycles. The third-order valence-electron chi connectivity index (χ3n) is 8.50. The number of benzene rings is 2. The Hall–Kier alpha value is -3.96. The van der Waals surface area contributed by atoms with Gasteiger partial charge in [-0.1, -0.05) is 44.4 Å². The molecule has 1 saturated carbocycles. The Morgan fingerprint density at radius 3 is 2.59 bits per heavy atom. The molecule has 1 fully saturated rings. The number of likely N-dealkylation sites (N-methyl/N-ethyl adjacent to an activating group) is 1. The van der Waals surface area contributed by atoms with Crippen molar-refractivity contribution in [2.45, 2.75) is 64.1 Å². The topological polar surface area (TPSA) is 124 Å². The van der Waals surface area contributed by atoms with Gasteiger partial charge in [0.2, 0.25) is 0 Å². The molecule has 5 rings (SSSR count). The summed E-state index contributed by atoms with van der Waals surface area (Å²) in [6, 6.07) is 11.8. The number of urea groups is 1. The minimum Gasteiger partial charge on any atom is -0.485 e. The Bertz CT molecular complexity index is 1440. The highest BCUT2D eigenvalue weighted by Crippen LogP contribution is 2.35. The van der Waals surface area contributed by atoms with Crippen LogP contribution in [0.1, 0.15) is 66.7 Å². The van der Waals surface area contributed by atoms with Crippen LogP contribution in [0.2, 0.25) is 0 Å². The van der Waals surface area contributed by atoms with Crippen molar-refractivity contribution < 1.29 is 24.2 Å². The van der Waals surface area contributed by atoms with Crippen LogP contribution < -0.4 is 15.4 Å². The van der Waals surface area contributed by atoms with E-state index in [9.17, 15) is 19.5 Å². The van der Waals surface area contributed by atoms with Crippen LogP contribution >= 0.6 is 11.3 Å². The van der Waals surface area contributed by atoms with Gasteiger partial charge in [-0.3, -0.25) is 9.59 Å². The second kappa shape index (κ2) is 14.2. The van der Waals surface area contributed by atoms with Crippen molar-refractivity contribution in [2.24, 2.45) is 5.92 Å². The standard InChI is InChI=1S/C33H41N5O5S/c1-21-18-38(22(2)20-39)32(41)26-10-7-11-27(36-30(40)23-12-14-24(15-13-23)31-34-16-17-44-31)29(26)43-28(21)19-37(3)33(42)35-25-8-5-4-6-9-25/h7,10-17,21-22,25,28,39H,4-6,8-9,18-20H2,1-3H3,(H,35,42)(H,36,40)/t21-,22+,28+/m1/s1. The van der Waals surface area contributed by atoms with Crippen LogP contribution in [-0.4, -0.2) is 82.7 Å². The molecule has 3 atom stereocenters. The lowest BCUT2D eigenvalue weighted by Gasteiger charge is -2.38. The van der Waals surface area contributed by atoms with Crippen molar-refractivity contribution in [2.75, 3.05) is 32.1 Å². The lowest BCUT2D eigenvalue weighted by Crippen LogP contribution is -2.52. The second-order valence-corrected chi connectivity index (χ2v) is 12.7. The number of thiazole rings is 1. The number of ether oxygens (including phenoxy) is 1. The van der Waals surface area contributed by atoms with E-state index in [1.807, 2.05) is 24.4 Å². The summed E-state index contributed by atoms with van der Waals surface area (Å²) in [4.78, 5) is 47.9. The molecule has 3 N–H and O–H groups in total. The number of aliphatic hydroxyl groups excluding tert-OH is 1. The third kappa shape index (κ3) is 7.22. The maximum atomic E-state index is 13.8. The van der Waals surface area contributed by atoms with Gasteiger partial charge >= 0.3 is 6.03 Å². The molecule has 0 bridgehead atoms. The van der Waals surface area contributed by atoms with Gasteiger partial charge in [0.1, 0.15) is 11.1 Å². The molecule has 1 aromatic heterocycles. The van der Waals surface area contributed by atoms with Crippen molar-refractivity contribution in [3.05, 3.63) is 65.2 Å². The Morgan fingerprint density at radius 1 is 1.16 bits per heavy atom. The third-order valence-corrected chi connectivity index (χ3v) is 9.32. The van der Waals surface area contributed by atoms with Gasteiger partial charge in [0.05, 0.1) is 30.4 Å². The minimum absolute atomic E-state index is 0.158. The number of rotatable bonds is 8. The molecule has 1 aliphatic heterocycles. The fourth-order valence-corrected chi connectivity index (χ4v) is 6.41. The fraction of sp³-hybridized carbons (Fsp3) is 0.455. The molecule has 0 saturated heterocycles. The van der Waals surface area contributed by atoms with Gasteiger partial charge in [-0.2, -0.15) is 0 Å². The van der Waals surface area contributed by atoms with Gasteiger partial charge in [0.25, 0.3) is 11.8 Å². The monoisotopic (exact) mass is 619 g/mol. The molecule has 4 amide bonds. The predicted octanol–water partition coefficient (Wildman–Crippen LogP) is 5.26. The molecule has 0 spiro atoms. The van der Waals surface area contributed by atoms with E-state index in [4.69, 9.17) is 4.74 Å². The molecule has 44 heavy (non-hydrogen) atoms. The number of anilines is 1. The zero-order valence-electron chi connectivity index (χ0n) is 25.5. The zero-order chi connectivity index (χ0) is 31.2. The summed E-state index contributed by atoms with van der Waals surface area (Å²) in [5, 5.41) is 18.8. The summed E-state index contributed by atoms with van der Waals surface area (Å²) in [6.45, 7) is 4.18. The number of aromatic nitrogens is 1. The normalized spacial score (nSPS) is 19.6. The molecule has 3 aromatic rings. The number of hydrogen-bond donors (Lipinski definition) is 3. The van der Waals surface area contributed by atoms with Crippen molar-refractivity contribution in [3.63, 3.8) is 0 Å². The van der Waals surface area contributed by atoms with E-state index in [-0.39, 0.29) is 54.3 Å².